The maximum atomic E-state index is 5.46. The Labute approximate surface area is 402 Å². The molecule has 0 fully saturated rings. The van der Waals surface area contributed by atoms with E-state index in [9.17, 15) is 0 Å². The third-order valence-electron chi connectivity index (χ3n) is 12.3. The molecule has 0 aliphatic rings. The molecule has 7 heteroatoms. The molecule has 0 atom stereocenters. The Bertz CT molecular complexity index is 3540. The van der Waals surface area contributed by atoms with E-state index in [0.717, 1.165) is 39.4 Å². The molecule has 66 heavy (non-hydrogen) atoms. The van der Waals surface area contributed by atoms with Crippen molar-refractivity contribution in [2.45, 2.75) is 39.5 Å². The van der Waals surface area contributed by atoms with Gasteiger partial charge in [-0.1, -0.05) is 136 Å². The molecule has 0 aliphatic heterocycles. The van der Waals surface area contributed by atoms with E-state index in [4.69, 9.17) is 4.98 Å². The molecule has 5 aromatic heterocycles. The Morgan fingerprint density at radius 3 is 1.89 bits per heavy atom. The third kappa shape index (κ3) is 7.53. The zero-order valence-corrected chi connectivity index (χ0v) is 40.2. The summed E-state index contributed by atoms with van der Waals surface area (Å²) in [6, 6.07) is 66.7. The largest absolute Gasteiger partial charge is 0.349 e. The van der Waals surface area contributed by atoms with Crippen LogP contribution in [0, 0.1) is 12.1 Å². The van der Waals surface area contributed by atoms with Crippen molar-refractivity contribution in [3.05, 3.63) is 212 Å². The summed E-state index contributed by atoms with van der Waals surface area (Å²) in [6.07, 6.45) is 5.61. The van der Waals surface area contributed by atoms with Crippen LogP contribution in [0.1, 0.15) is 50.7 Å². The molecule has 0 unspecified atom stereocenters. The summed E-state index contributed by atoms with van der Waals surface area (Å²) in [5, 5.41) is 4.88. The first kappa shape index (κ1) is 42.9. The number of thiophene rings is 1. The van der Waals surface area contributed by atoms with E-state index in [1.165, 1.54) is 69.9 Å². The average Bonchev–Trinajstić information content (AvgIpc) is 4.05. The van der Waals surface area contributed by atoms with Gasteiger partial charge in [-0.3, -0.25) is 9.97 Å². The minimum absolute atomic E-state index is 0. The van der Waals surface area contributed by atoms with Crippen molar-refractivity contribution in [3.8, 4) is 45.1 Å². The molecule has 323 valence electrons. The average molecular weight is 1050 g/mol. The summed E-state index contributed by atoms with van der Waals surface area (Å²) in [4.78, 5) is 14.3. The van der Waals surface area contributed by atoms with E-state index in [1.807, 2.05) is 72.3 Å². The predicted molar refractivity (Wildman–Crippen MR) is 272 cm³/mol. The van der Waals surface area contributed by atoms with Crippen molar-refractivity contribution in [1.82, 2.24) is 24.1 Å². The van der Waals surface area contributed by atoms with Gasteiger partial charge in [-0.15, -0.1) is 48.0 Å². The van der Waals surface area contributed by atoms with E-state index in [-0.39, 0.29) is 31.9 Å². The number of nitrogens with zero attached hydrogens (tertiary/aromatic N) is 5. The van der Waals surface area contributed by atoms with Gasteiger partial charge in [0.15, 0.2) is 0 Å². The standard InChI is InChI=1S/C48H37N4S.C11H8N.Ir/c1-29(2)37-26-32(31-14-6-5-7-15-31)27-38(30(3)4)46(37)52-43-28-49-25-24-39(43)50-48(52)36-22-23-42(47-45(36)35-18-10-13-21-44(35)53-47)51-40-19-11-8-16-33(40)34-17-9-12-20-41(34)51;1-2-6-10(7-3-1)11-8-4-5-9-12-11;/h5-21,23-30H,1-4H3;1-6,8-9H;/q2*-1;. The van der Waals surface area contributed by atoms with Crippen LogP contribution < -0.4 is 0 Å². The van der Waals surface area contributed by atoms with E-state index in [2.05, 4.69) is 180 Å². The third-order valence-corrected chi connectivity index (χ3v) is 13.5. The minimum atomic E-state index is 0. The molecule has 5 nitrogen and oxygen atoms in total. The molecule has 12 aromatic rings. The number of hydrogen-bond acceptors (Lipinski definition) is 4. The fourth-order valence-electron chi connectivity index (χ4n) is 9.29. The number of aromatic nitrogens is 5. The fraction of sp³-hybridized carbons (Fsp3) is 0.102. The van der Waals surface area contributed by atoms with Gasteiger partial charge < -0.3 is 14.1 Å². The smallest absolute Gasteiger partial charge is 0.0822 e. The Morgan fingerprint density at radius 2 is 1.23 bits per heavy atom. The number of rotatable bonds is 7. The van der Waals surface area contributed by atoms with Crippen LogP contribution in [0.3, 0.4) is 0 Å². The number of hydrogen-bond donors (Lipinski definition) is 0. The topological polar surface area (TPSA) is 48.5 Å². The molecular formula is C59H45IrN5S-2. The molecule has 0 aliphatic carbocycles. The second-order valence-electron chi connectivity index (χ2n) is 17.0. The molecule has 0 amide bonds. The van der Waals surface area contributed by atoms with Crippen LogP contribution in [-0.4, -0.2) is 24.1 Å². The van der Waals surface area contributed by atoms with Gasteiger partial charge in [-0.25, -0.2) is 0 Å². The minimum Gasteiger partial charge on any atom is -0.349 e. The van der Waals surface area contributed by atoms with Gasteiger partial charge in [0, 0.05) is 64.7 Å². The van der Waals surface area contributed by atoms with Crippen molar-refractivity contribution >= 4 is 64.3 Å². The fourth-order valence-corrected chi connectivity index (χ4v) is 10.5. The zero-order valence-electron chi connectivity index (χ0n) is 37.0. The van der Waals surface area contributed by atoms with Gasteiger partial charge in [0.1, 0.15) is 0 Å². The van der Waals surface area contributed by atoms with E-state index in [1.54, 1.807) is 6.20 Å². The summed E-state index contributed by atoms with van der Waals surface area (Å²) in [5.74, 6) is 1.40. The number of para-hydroxylation sites is 2. The zero-order chi connectivity index (χ0) is 44.0. The molecule has 0 saturated heterocycles. The maximum Gasteiger partial charge on any atom is 0.0822 e. The van der Waals surface area contributed by atoms with Crippen LogP contribution in [0.5, 0.6) is 0 Å². The van der Waals surface area contributed by atoms with Gasteiger partial charge in [-0.05, 0) is 98.0 Å². The van der Waals surface area contributed by atoms with Crippen LogP contribution >= 0.6 is 11.3 Å². The second-order valence-corrected chi connectivity index (χ2v) is 18.1. The molecule has 1 radical (unpaired) electrons. The molecule has 7 aromatic carbocycles. The van der Waals surface area contributed by atoms with Crippen LogP contribution in [0.25, 0.3) is 98.2 Å². The number of imidazole rings is 1. The Kier molecular flexibility index (Phi) is 11.8. The first-order valence-electron chi connectivity index (χ1n) is 22.2. The SMILES string of the molecule is CC(C)c1cc(-c2ccccc2)cc(C(C)C)c1-n1c(-c2[c-]cc(-n3c4ccccc4c4ccccc43)c3sc4ccccc4c23)nc2ccncc21.[Ir].[c-]1ccccc1-c1ccccn1. The second kappa shape index (κ2) is 18.1. The number of benzene rings is 7. The summed E-state index contributed by atoms with van der Waals surface area (Å²) in [7, 11) is 0. The Morgan fingerprint density at radius 1 is 0.576 bits per heavy atom. The van der Waals surface area contributed by atoms with Gasteiger partial charge in [-0.2, -0.15) is 11.3 Å². The van der Waals surface area contributed by atoms with E-state index in [0.29, 0.717) is 0 Å². The number of fused-ring (bicyclic) bond motifs is 7. The van der Waals surface area contributed by atoms with Gasteiger partial charge in [0.05, 0.1) is 23.1 Å². The van der Waals surface area contributed by atoms with Crippen LogP contribution in [-0.2, 0) is 20.1 Å². The maximum absolute atomic E-state index is 5.46. The van der Waals surface area contributed by atoms with Crippen LogP contribution in [0.15, 0.2) is 188 Å². The monoisotopic (exact) mass is 1050 g/mol. The van der Waals surface area contributed by atoms with Crippen molar-refractivity contribution in [1.29, 1.82) is 0 Å². The molecule has 0 spiro atoms. The summed E-state index contributed by atoms with van der Waals surface area (Å²) in [5.41, 5.74) is 14.6. The van der Waals surface area contributed by atoms with E-state index >= 15 is 0 Å². The molecule has 12 rings (SSSR count). The first-order chi connectivity index (χ1) is 31.9. The molecule has 0 bridgehead atoms. The van der Waals surface area contributed by atoms with Gasteiger partial charge >= 0.3 is 0 Å². The van der Waals surface area contributed by atoms with Gasteiger partial charge in [0.25, 0.3) is 0 Å². The Balaban J connectivity index is 0.000000342. The quantitative estimate of drug-likeness (QED) is 0.149. The van der Waals surface area contributed by atoms with Crippen molar-refractivity contribution in [3.63, 3.8) is 0 Å². The predicted octanol–water partition coefficient (Wildman–Crippen LogP) is 15.8. The Hall–Kier alpha value is -7.02. The molecule has 5 heterocycles. The van der Waals surface area contributed by atoms with Crippen molar-refractivity contribution in [2.24, 2.45) is 0 Å². The van der Waals surface area contributed by atoms with Crippen LogP contribution in [0.2, 0.25) is 0 Å². The molecule has 0 saturated carbocycles. The molecular weight excluding hydrogens is 1000 g/mol. The summed E-state index contributed by atoms with van der Waals surface area (Å²) >= 11 is 1.85. The summed E-state index contributed by atoms with van der Waals surface area (Å²) in [6.45, 7) is 9.19. The van der Waals surface area contributed by atoms with Crippen LogP contribution in [0.4, 0.5) is 0 Å². The number of pyridine rings is 2. The first-order valence-corrected chi connectivity index (χ1v) is 23.1. The van der Waals surface area contributed by atoms with Crippen molar-refractivity contribution < 1.29 is 20.1 Å². The van der Waals surface area contributed by atoms with E-state index < -0.39 is 0 Å². The summed E-state index contributed by atoms with van der Waals surface area (Å²) < 4.78 is 7.27. The molecule has 0 N–H and O–H groups in total. The normalized spacial score (nSPS) is 11.5. The van der Waals surface area contributed by atoms with Gasteiger partial charge in [0.2, 0.25) is 0 Å². The van der Waals surface area contributed by atoms with Crippen molar-refractivity contribution in [2.75, 3.05) is 0 Å².